The maximum absolute atomic E-state index is 13.2. The number of Topliss-reactive ketones (excluding diaryl/α,β-unsaturated/α-hetero) is 1. The summed E-state index contributed by atoms with van der Waals surface area (Å²) in [4.78, 5) is 15.4. The smallest absolute Gasteiger partial charge is 0.232 e. The summed E-state index contributed by atoms with van der Waals surface area (Å²) >= 11 is 1.46. The predicted octanol–water partition coefficient (Wildman–Crippen LogP) is 3.87. The molecule has 1 unspecified atom stereocenters. The van der Waals surface area contributed by atoms with Gasteiger partial charge in [0.1, 0.15) is 5.75 Å². The van der Waals surface area contributed by atoms with Gasteiger partial charge >= 0.3 is 0 Å². The van der Waals surface area contributed by atoms with Crippen molar-refractivity contribution in [3.8, 4) is 11.4 Å². The van der Waals surface area contributed by atoms with E-state index in [1.807, 2.05) is 66.1 Å². The molecule has 8 heteroatoms. The molecule has 1 aromatic heterocycles. The Balaban J connectivity index is 1.64. The molecule has 0 radical (unpaired) electrons. The van der Waals surface area contributed by atoms with Gasteiger partial charge in [0, 0.05) is 18.7 Å². The molecule has 0 N–H and O–H groups in total. The molecule has 1 fully saturated rings. The first-order chi connectivity index (χ1) is 15.2. The van der Waals surface area contributed by atoms with E-state index in [4.69, 9.17) is 9.47 Å². The van der Waals surface area contributed by atoms with Gasteiger partial charge in [0.2, 0.25) is 5.95 Å². The number of nitrogens with zero attached hydrogens (tertiary/aromatic N) is 4. The normalized spacial score (nSPS) is 15.0. The first kappa shape index (κ1) is 21.4. The summed E-state index contributed by atoms with van der Waals surface area (Å²) in [6.07, 6.45) is 0.685. The molecule has 0 bridgehead atoms. The monoisotopic (exact) mass is 438 g/mol. The summed E-state index contributed by atoms with van der Waals surface area (Å²) in [6, 6.07) is 17.3. The molecular weight excluding hydrogens is 412 g/mol. The molecule has 4 rings (SSSR count). The summed E-state index contributed by atoms with van der Waals surface area (Å²) in [5.41, 5.74) is 1.64. The Bertz CT molecular complexity index is 1000. The van der Waals surface area contributed by atoms with Crippen LogP contribution >= 0.6 is 11.8 Å². The van der Waals surface area contributed by atoms with Crippen molar-refractivity contribution < 1.29 is 14.3 Å². The van der Waals surface area contributed by atoms with E-state index in [9.17, 15) is 4.79 Å². The highest BCUT2D eigenvalue weighted by molar-refractivity contribution is 8.00. The van der Waals surface area contributed by atoms with Gasteiger partial charge in [-0.2, -0.15) is 0 Å². The van der Waals surface area contributed by atoms with Crippen molar-refractivity contribution in [2.45, 2.75) is 23.8 Å². The van der Waals surface area contributed by atoms with Crippen LogP contribution in [0.3, 0.4) is 0 Å². The van der Waals surface area contributed by atoms with E-state index in [2.05, 4.69) is 15.1 Å². The fraction of sp³-hybridized carbons (Fsp3) is 0.348. The van der Waals surface area contributed by atoms with E-state index in [1.54, 1.807) is 7.11 Å². The molecule has 1 saturated heterocycles. The van der Waals surface area contributed by atoms with E-state index < -0.39 is 0 Å². The number of anilines is 1. The molecule has 0 aliphatic carbocycles. The maximum Gasteiger partial charge on any atom is 0.232 e. The van der Waals surface area contributed by atoms with E-state index in [0.717, 1.165) is 30.5 Å². The van der Waals surface area contributed by atoms with Crippen LogP contribution in [0.5, 0.6) is 5.75 Å². The number of carbonyl (C=O) groups excluding carboxylic acids is 1. The second-order valence-corrected chi connectivity index (χ2v) is 8.33. The van der Waals surface area contributed by atoms with Gasteiger partial charge in [0.05, 0.1) is 31.3 Å². The molecule has 31 heavy (non-hydrogen) atoms. The number of hydrogen-bond acceptors (Lipinski definition) is 7. The molecule has 2 heterocycles. The van der Waals surface area contributed by atoms with E-state index in [0.29, 0.717) is 30.4 Å². The van der Waals surface area contributed by atoms with Crippen molar-refractivity contribution in [3.05, 3.63) is 60.2 Å². The molecular formula is C23H26N4O3S. The fourth-order valence-corrected chi connectivity index (χ4v) is 4.55. The van der Waals surface area contributed by atoms with E-state index >= 15 is 0 Å². The molecule has 2 aromatic carbocycles. The Morgan fingerprint density at radius 3 is 2.45 bits per heavy atom. The average molecular weight is 439 g/mol. The second kappa shape index (κ2) is 9.98. The van der Waals surface area contributed by atoms with Crippen LogP contribution in [0.25, 0.3) is 5.69 Å². The predicted molar refractivity (Wildman–Crippen MR) is 122 cm³/mol. The number of methoxy groups -OCH3 is 1. The number of hydrogen-bond donors (Lipinski definition) is 0. The number of carbonyl (C=O) groups is 1. The quantitative estimate of drug-likeness (QED) is 0.391. The molecule has 1 aliphatic rings. The molecule has 3 aromatic rings. The minimum atomic E-state index is -0.266. The van der Waals surface area contributed by atoms with Crippen LogP contribution in [0, 0.1) is 0 Å². The van der Waals surface area contributed by atoms with Crippen LogP contribution in [0.2, 0.25) is 0 Å². The van der Waals surface area contributed by atoms with Crippen molar-refractivity contribution in [1.82, 2.24) is 14.8 Å². The van der Waals surface area contributed by atoms with Gasteiger partial charge in [-0.1, -0.05) is 36.9 Å². The van der Waals surface area contributed by atoms with E-state index in [1.165, 1.54) is 11.8 Å². The number of rotatable bonds is 8. The van der Waals surface area contributed by atoms with Crippen LogP contribution in [0.1, 0.15) is 23.7 Å². The van der Waals surface area contributed by atoms with Gasteiger partial charge in [-0.05, 0) is 42.8 Å². The van der Waals surface area contributed by atoms with Gasteiger partial charge in [-0.3, -0.25) is 9.36 Å². The van der Waals surface area contributed by atoms with Crippen molar-refractivity contribution in [3.63, 3.8) is 0 Å². The molecule has 0 saturated carbocycles. The SMILES string of the molecule is CCC(Sc1nnc(N2CCOCC2)n1-c1ccccc1)C(=O)c1ccc(OC)cc1. The third kappa shape index (κ3) is 4.75. The summed E-state index contributed by atoms with van der Waals surface area (Å²) in [5.74, 6) is 1.59. The van der Waals surface area contributed by atoms with Gasteiger partial charge in [0.25, 0.3) is 0 Å². The summed E-state index contributed by atoms with van der Waals surface area (Å²) in [5, 5.41) is 9.42. The minimum absolute atomic E-state index is 0.0747. The molecule has 0 spiro atoms. The van der Waals surface area contributed by atoms with Crippen molar-refractivity contribution in [2.24, 2.45) is 0 Å². The highest BCUT2D eigenvalue weighted by Crippen LogP contribution is 2.32. The number of benzene rings is 2. The minimum Gasteiger partial charge on any atom is -0.497 e. The fourth-order valence-electron chi connectivity index (χ4n) is 3.50. The topological polar surface area (TPSA) is 69.5 Å². The number of aromatic nitrogens is 3. The van der Waals surface area contributed by atoms with Gasteiger partial charge in [-0.15, -0.1) is 10.2 Å². The lowest BCUT2D eigenvalue weighted by atomic mass is 10.1. The van der Waals surface area contributed by atoms with Crippen LogP contribution < -0.4 is 9.64 Å². The number of ether oxygens (including phenoxy) is 2. The van der Waals surface area contributed by atoms with Gasteiger partial charge in [-0.25, -0.2) is 0 Å². The Morgan fingerprint density at radius 1 is 1.10 bits per heavy atom. The van der Waals surface area contributed by atoms with Crippen LogP contribution in [0.15, 0.2) is 59.8 Å². The third-order valence-corrected chi connectivity index (χ3v) is 6.52. The molecule has 1 aliphatic heterocycles. The molecule has 0 amide bonds. The van der Waals surface area contributed by atoms with Crippen molar-refractivity contribution in [1.29, 1.82) is 0 Å². The zero-order valence-electron chi connectivity index (χ0n) is 17.7. The Labute approximate surface area is 186 Å². The van der Waals surface area contributed by atoms with E-state index in [-0.39, 0.29) is 11.0 Å². The van der Waals surface area contributed by atoms with Crippen LogP contribution in [-0.4, -0.2) is 59.2 Å². The highest BCUT2D eigenvalue weighted by atomic mass is 32.2. The summed E-state index contributed by atoms with van der Waals surface area (Å²) < 4.78 is 12.7. The first-order valence-corrected chi connectivity index (χ1v) is 11.3. The first-order valence-electron chi connectivity index (χ1n) is 10.4. The van der Waals surface area contributed by atoms with Crippen LogP contribution in [0.4, 0.5) is 5.95 Å². The zero-order valence-corrected chi connectivity index (χ0v) is 18.5. The summed E-state index contributed by atoms with van der Waals surface area (Å²) in [7, 11) is 1.62. The second-order valence-electron chi connectivity index (χ2n) is 7.16. The molecule has 7 nitrogen and oxygen atoms in total. The van der Waals surface area contributed by atoms with Crippen molar-refractivity contribution in [2.75, 3.05) is 38.3 Å². The Hall–Kier alpha value is -2.84. The third-order valence-electron chi connectivity index (χ3n) is 5.21. The zero-order chi connectivity index (χ0) is 21.6. The van der Waals surface area contributed by atoms with Gasteiger partial charge < -0.3 is 14.4 Å². The lowest BCUT2D eigenvalue weighted by Crippen LogP contribution is -2.37. The largest absolute Gasteiger partial charge is 0.497 e. The number of para-hydroxylation sites is 1. The number of morpholine rings is 1. The molecule has 1 atom stereocenters. The van der Waals surface area contributed by atoms with Gasteiger partial charge in [0.15, 0.2) is 10.9 Å². The Morgan fingerprint density at radius 2 is 1.81 bits per heavy atom. The van der Waals surface area contributed by atoms with Crippen LogP contribution in [-0.2, 0) is 4.74 Å². The van der Waals surface area contributed by atoms with Crippen molar-refractivity contribution >= 4 is 23.5 Å². The average Bonchev–Trinajstić information content (AvgIpc) is 3.27. The Kier molecular flexibility index (Phi) is 6.89. The lowest BCUT2D eigenvalue weighted by Gasteiger charge is -2.28. The standard InChI is InChI=1S/C23H26N4O3S/c1-3-20(21(28)17-9-11-19(29-2)12-10-17)31-23-25-24-22(26-13-15-30-16-14-26)27(23)18-7-5-4-6-8-18/h4-12,20H,3,13-16H2,1-2H3. The number of thioether (sulfide) groups is 1. The highest BCUT2D eigenvalue weighted by Gasteiger charge is 2.26. The summed E-state index contributed by atoms with van der Waals surface area (Å²) in [6.45, 7) is 4.87. The molecule has 162 valence electrons. The maximum atomic E-state index is 13.2. The lowest BCUT2D eigenvalue weighted by molar-refractivity contribution is 0.0988. The number of ketones is 1.